The number of aryl methyl sites for hydroxylation is 1. The van der Waals surface area contributed by atoms with Crippen LogP contribution >= 0.6 is 11.6 Å². The Hall–Kier alpha value is -3.45. The third-order valence-electron chi connectivity index (χ3n) is 4.10. The highest BCUT2D eigenvalue weighted by molar-refractivity contribution is 6.51. The van der Waals surface area contributed by atoms with Crippen molar-refractivity contribution < 1.29 is 9.59 Å². The molecular weight excluding hydrogens is 366 g/mol. The Balaban J connectivity index is 1.68. The van der Waals surface area contributed by atoms with E-state index in [1.807, 2.05) is 19.1 Å². The van der Waals surface area contributed by atoms with E-state index in [1.54, 1.807) is 36.4 Å². The van der Waals surface area contributed by atoms with Crippen molar-refractivity contribution in [2.45, 2.75) is 6.92 Å². The first-order valence-electron chi connectivity index (χ1n) is 8.04. The van der Waals surface area contributed by atoms with E-state index in [-0.39, 0.29) is 22.2 Å². The van der Waals surface area contributed by atoms with E-state index in [0.29, 0.717) is 5.56 Å². The van der Waals surface area contributed by atoms with Gasteiger partial charge in [0.1, 0.15) is 0 Å². The van der Waals surface area contributed by atoms with E-state index in [1.165, 1.54) is 0 Å². The van der Waals surface area contributed by atoms with Gasteiger partial charge in [0.25, 0.3) is 5.78 Å². The molecule has 0 aliphatic carbocycles. The van der Waals surface area contributed by atoms with Crippen molar-refractivity contribution in [2.75, 3.05) is 0 Å². The van der Waals surface area contributed by atoms with Crippen molar-refractivity contribution in [3.63, 3.8) is 0 Å². The summed E-state index contributed by atoms with van der Waals surface area (Å²) in [5.41, 5.74) is 2.39. The number of carbonyl (C=O) groups excluding carboxylic acids is 2. The first-order chi connectivity index (χ1) is 13.0. The molecule has 132 valence electrons. The predicted molar refractivity (Wildman–Crippen MR) is 99.8 cm³/mol. The molecule has 0 unspecified atom stereocenters. The molecule has 4 rings (SSSR count). The lowest BCUT2D eigenvalue weighted by molar-refractivity contribution is 0.0813. The maximum absolute atomic E-state index is 12.4. The lowest BCUT2D eigenvalue weighted by atomic mass is 10.1. The van der Waals surface area contributed by atoms with Crippen LogP contribution in [0.4, 0.5) is 0 Å². The molecule has 0 fully saturated rings. The van der Waals surface area contributed by atoms with Crippen LogP contribution in [0.25, 0.3) is 22.3 Å². The normalized spacial score (nSPS) is 10.9. The van der Waals surface area contributed by atoms with Gasteiger partial charge in [-0.25, -0.2) is 4.98 Å². The van der Waals surface area contributed by atoms with E-state index in [4.69, 9.17) is 11.6 Å². The molecule has 4 aromatic rings. The van der Waals surface area contributed by atoms with E-state index in [2.05, 4.69) is 25.4 Å². The zero-order chi connectivity index (χ0) is 19.0. The van der Waals surface area contributed by atoms with E-state index >= 15 is 0 Å². The maximum Gasteiger partial charge on any atom is 0.256 e. The minimum Gasteiger partial charge on any atom is -0.285 e. The number of rotatable bonds is 4. The van der Waals surface area contributed by atoms with E-state index < -0.39 is 11.6 Å². The summed E-state index contributed by atoms with van der Waals surface area (Å²) in [7, 11) is 0. The molecule has 0 spiro atoms. The second kappa shape index (κ2) is 6.69. The third-order valence-corrected chi connectivity index (χ3v) is 4.37. The van der Waals surface area contributed by atoms with E-state index in [0.717, 1.165) is 16.6 Å². The van der Waals surface area contributed by atoms with Gasteiger partial charge >= 0.3 is 0 Å². The minimum absolute atomic E-state index is 0.168. The molecule has 0 saturated carbocycles. The fourth-order valence-electron chi connectivity index (χ4n) is 2.67. The van der Waals surface area contributed by atoms with Crippen LogP contribution in [-0.2, 0) is 0 Å². The van der Waals surface area contributed by atoms with Crippen molar-refractivity contribution in [1.82, 2.24) is 25.4 Å². The van der Waals surface area contributed by atoms with Crippen LogP contribution in [0.2, 0.25) is 5.15 Å². The van der Waals surface area contributed by atoms with Gasteiger partial charge in [-0.2, -0.15) is 5.10 Å². The summed E-state index contributed by atoms with van der Waals surface area (Å²) < 4.78 is 0. The average molecular weight is 378 g/mol. The second-order valence-electron chi connectivity index (χ2n) is 5.88. The molecule has 0 bridgehead atoms. The molecule has 1 N–H and O–H groups in total. The van der Waals surface area contributed by atoms with Crippen molar-refractivity contribution in [1.29, 1.82) is 0 Å². The standard InChI is InChI=1S/C19H12ClN5O2/c1-10-13-9-12(7-8-14(13)23-22-10)19-21-18(20)15(24-25-19)17(27)16(26)11-5-3-2-4-6-11/h2-9H,1H3,(H,22,23). The summed E-state index contributed by atoms with van der Waals surface area (Å²) in [6, 6.07) is 13.7. The summed E-state index contributed by atoms with van der Waals surface area (Å²) in [4.78, 5) is 28.9. The van der Waals surface area contributed by atoms with Gasteiger partial charge in [-0.05, 0) is 25.1 Å². The van der Waals surface area contributed by atoms with Gasteiger partial charge in [0.2, 0.25) is 5.78 Å². The Kier molecular flexibility index (Phi) is 4.21. The van der Waals surface area contributed by atoms with Crippen LogP contribution in [0.15, 0.2) is 48.5 Å². The number of ketones is 2. The number of nitrogens with zero attached hydrogens (tertiary/aromatic N) is 4. The number of Topliss-reactive ketones (excluding diaryl/α,β-unsaturated/α-hetero) is 2. The number of halogens is 1. The van der Waals surface area contributed by atoms with Gasteiger partial charge in [0.05, 0.1) is 5.52 Å². The molecule has 7 nitrogen and oxygen atoms in total. The number of aromatic amines is 1. The zero-order valence-corrected chi connectivity index (χ0v) is 14.9. The molecular formula is C19H12ClN5O2. The number of benzene rings is 2. The molecule has 2 heterocycles. The number of fused-ring (bicyclic) bond motifs is 1. The van der Waals surface area contributed by atoms with Crippen LogP contribution in [0, 0.1) is 6.92 Å². The SMILES string of the molecule is Cc1[nH]nc2ccc(-c3nnc(C(=O)C(=O)c4ccccc4)c(Cl)n3)cc12. The molecule has 0 aliphatic heterocycles. The fraction of sp³-hybridized carbons (Fsp3) is 0.0526. The number of aromatic nitrogens is 5. The van der Waals surface area contributed by atoms with Gasteiger partial charge < -0.3 is 0 Å². The highest BCUT2D eigenvalue weighted by Gasteiger charge is 2.24. The van der Waals surface area contributed by atoms with Gasteiger partial charge in [0.15, 0.2) is 16.7 Å². The maximum atomic E-state index is 12.4. The topological polar surface area (TPSA) is 101 Å². The first-order valence-corrected chi connectivity index (χ1v) is 8.42. The summed E-state index contributed by atoms with van der Waals surface area (Å²) in [5, 5.41) is 15.7. The highest BCUT2D eigenvalue weighted by Crippen LogP contribution is 2.24. The van der Waals surface area contributed by atoms with Crippen LogP contribution < -0.4 is 0 Å². The van der Waals surface area contributed by atoms with Crippen molar-refractivity contribution in [2.24, 2.45) is 0 Å². The lowest BCUT2D eigenvalue weighted by Gasteiger charge is -2.04. The van der Waals surface area contributed by atoms with Gasteiger partial charge in [-0.1, -0.05) is 41.9 Å². The first kappa shape index (κ1) is 17.0. The van der Waals surface area contributed by atoms with Crippen LogP contribution in [0.1, 0.15) is 26.5 Å². The molecule has 0 radical (unpaired) electrons. The molecule has 2 aromatic heterocycles. The highest BCUT2D eigenvalue weighted by atomic mass is 35.5. The second-order valence-corrected chi connectivity index (χ2v) is 6.24. The summed E-state index contributed by atoms with van der Waals surface area (Å²) in [6.45, 7) is 1.90. The summed E-state index contributed by atoms with van der Waals surface area (Å²) in [6.07, 6.45) is 0. The number of nitrogens with one attached hydrogen (secondary N) is 1. The molecule has 8 heteroatoms. The molecule has 0 atom stereocenters. The minimum atomic E-state index is -0.848. The average Bonchev–Trinajstić information content (AvgIpc) is 3.08. The van der Waals surface area contributed by atoms with Crippen LogP contribution in [0.5, 0.6) is 0 Å². The Labute approximate surface area is 158 Å². The smallest absolute Gasteiger partial charge is 0.256 e. The van der Waals surface area contributed by atoms with Crippen molar-refractivity contribution in [3.8, 4) is 11.4 Å². The molecule has 27 heavy (non-hydrogen) atoms. The van der Waals surface area contributed by atoms with Crippen LogP contribution in [0.3, 0.4) is 0 Å². The lowest BCUT2D eigenvalue weighted by Crippen LogP contribution is -2.18. The largest absolute Gasteiger partial charge is 0.285 e. The number of carbonyl (C=O) groups is 2. The van der Waals surface area contributed by atoms with Gasteiger partial charge in [-0.15, -0.1) is 10.2 Å². The Morgan fingerprint density at radius 2 is 1.78 bits per heavy atom. The number of hydrogen-bond acceptors (Lipinski definition) is 6. The summed E-state index contributed by atoms with van der Waals surface area (Å²) in [5.74, 6) is -1.30. The van der Waals surface area contributed by atoms with Crippen LogP contribution in [-0.4, -0.2) is 36.9 Å². The quantitative estimate of drug-likeness (QED) is 0.431. The molecule has 0 aliphatic rings. The Morgan fingerprint density at radius 3 is 2.52 bits per heavy atom. The molecule has 0 amide bonds. The number of hydrogen-bond donors (Lipinski definition) is 1. The Morgan fingerprint density at radius 1 is 1.00 bits per heavy atom. The van der Waals surface area contributed by atoms with Gasteiger partial charge in [-0.3, -0.25) is 14.7 Å². The molecule has 0 saturated heterocycles. The monoisotopic (exact) mass is 377 g/mol. The predicted octanol–water partition coefficient (Wildman–Crippen LogP) is 3.44. The number of H-pyrrole nitrogens is 1. The zero-order valence-electron chi connectivity index (χ0n) is 14.1. The third kappa shape index (κ3) is 3.09. The molecule has 2 aromatic carbocycles. The van der Waals surface area contributed by atoms with Gasteiger partial charge in [0, 0.05) is 22.2 Å². The Bertz CT molecular complexity index is 1190. The fourth-order valence-corrected chi connectivity index (χ4v) is 2.88. The van der Waals surface area contributed by atoms with E-state index in [9.17, 15) is 9.59 Å². The van der Waals surface area contributed by atoms with Crippen molar-refractivity contribution in [3.05, 3.63) is 70.6 Å². The summed E-state index contributed by atoms with van der Waals surface area (Å²) >= 11 is 6.13. The van der Waals surface area contributed by atoms with Crippen molar-refractivity contribution >= 4 is 34.1 Å².